The molecular weight excluding hydrogens is 412 g/mol. The van der Waals surface area contributed by atoms with Gasteiger partial charge in [0.15, 0.2) is 0 Å². The molecule has 1 saturated heterocycles. The molecule has 0 atom stereocenters. The van der Waals surface area contributed by atoms with Crippen LogP contribution in [-0.2, 0) is 16.6 Å². The predicted octanol–water partition coefficient (Wildman–Crippen LogP) is 3.67. The van der Waals surface area contributed by atoms with Gasteiger partial charge in [-0.2, -0.15) is 9.40 Å². The van der Waals surface area contributed by atoms with E-state index < -0.39 is 10.0 Å². The van der Waals surface area contributed by atoms with Crippen molar-refractivity contribution in [1.29, 1.82) is 0 Å². The third-order valence-electron chi connectivity index (χ3n) is 5.52. The summed E-state index contributed by atoms with van der Waals surface area (Å²) in [4.78, 5) is 13.1. The van der Waals surface area contributed by atoms with Gasteiger partial charge in [-0.25, -0.2) is 13.1 Å². The van der Waals surface area contributed by atoms with Crippen LogP contribution in [0.25, 0.3) is 0 Å². The summed E-state index contributed by atoms with van der Waals surface area (Å²) in [5.74, 6) is 0.180. The molecule has 1 fully saturated rings. The first-order chi connectivity index (χ1) is 14.9. The van der Waals surface area contributed by atoms with Crippen LogP contribution in [0.2, 0.25) is 0 Å². The van der Waals surface area contributed by atoms with E-state index in [1.54, 1.807) is 36.0 Å². The number of aromatic nitrogens is 2. The molecule has 1 N–H and O–H groups in total. The minimum absolute atomic E-state index is 0.194. The fraction of sp³-hybridized carbons (Fsp3) is 0.304. The summed E-state index contributed by atoms with van der Waals surface area (Å²) in [6.07, 6.45) is 4.40. The van der Waals surface area contributed by atoms with Crippen molar-refractivity contribution in [2.75, 3.05) is 18.4 Å². The molecular formula is C23H26N4O3S. The number of carbonyl (C=O) groups excluding carboxylic acids is 1. The molecule has 0 unspecified atom stereocenters. The Morgan fingerprint density at radius 2 is 1.77 bits per heavy atom. The van der Waals surface area contributed by atoms with Crippen LogP contribution in [0.15, 0.2) is 65.7 Å². The van der Waals surface area contributed by atoms with Gasteiger partial charge in [-0.3, -0.25) is 4.79 Å². The number of hydrogen-bond acceptors (Lipinski definition) is 4. The van der Waals surface area contributed by atoms with E-state index in [1.807, 2.05) is 30.3 Å². The van der Waals surface area contributed by atoms with Crippen LogP contribution >= 0.6 is 0 Å². The van der Waals surface area contributed by atoms with Gasteiger partial charge in [0.1, 0.15) is 5.82 Å². The zero-order valence-electron chi connectivity index (χ0n) is 17.5. The van der Waals surface area contributed by atoms with E-state index in [4.69, 9.17) is 0 Å². The minimum atomic E-state index is -3.62. The summed E-state index contributed by atoms with van der Waals surface area (Å²) in [7, 11) is -3.62. The molecule has 0 spiro atoms. The number of sulfonamides is 1. The average Bonchev–Trinajstić information content (AvgIpc) is 3.21. The van der Waals surface area contributed by atoms with E-state index in [1.165, 1.54) is 10.4 Å². The lowest BCUT2D eigenvalue weighted by molar-refractivity contribution is 0.102. The van der Waals surface area contributed by atoms with E-state index in [-0.39, 0.29) is 10.8 Å². The maximum absolute atomic E-state index is 13.1. The van der Waals surface area contributed by atoms with Crippen LogP contribution in [-0.4, -0.2) is 41.5 Å². The Kier molecular flexibility index (Phi) is 6.20. The second-order valence-corrected chi connectivity index (χ2v) is 9.67. The lowest BCUT2D eigenvalue weighted by Gasteiger charge is -2.26. The first kappa shape index (κ1) is 21.3. The van der Waals surface area contributed by atoms with E-state index in [0.29, 0.717) is 36.6 Å². The topological polar surface area (TPSA) is 84.3 Å². The minimum Gasteiger partial charge on any atom is -0.307 e. The molecule has 162 valence electrons. The molecule has 1 aliphatic rings. The highest BCUT2D eigenvalue weighted by atomic mass is 32.2. The molecule has 0 saturated carbocycles. The largest absolute Gasteiger partial charge is 0.307 e. The zero-order chi connectivity index (χ0) is 21.8. The summed E-state index contributed by atoms with van der Waals surface area (Å²) in [5.41, 5.74) is 2.00. The normalized spacial score (nSPS) is 15.0. The van der Waals surface area contributed by atoms with Crippen LogP contribution < -0.4 is 5.32 Å². The molecule has 2 heterocycles. The number of nitrogens with zero attached hydrogens (tertiary/aromatic N) is 3. The molecule has 3 aromatic rings. The van der Waals surface area contributed by atoms with Gasteiger partial charge in [0.05, 0.1) is 17.6 Å². The fourth-order valence-corrected chi connectivity index (χ4v) is 5.54. The number of benzene rings is 2. The SMILES string of the molecule is Cc1ccc(C(=O)Nc2ccnn2Cc2ccccc2)cc1S(=O)(=O)N1CCCCC1. The van der Waals surface area contributed by atoms with Crippen molar-refractivity contribution in [3.8, 4) is 0 Å². The van der Waals surface area contributed by atoms with Crippen LogP contribution in [0, 0.1) is 6.92 Å². The van der Waals surface area contributed by atoms with Crippen molar-refractivity contribution in [2.45, 2.75) is 37.6 Å². The van der Waals surface area contributed by atoms with E-state index >= 15 is 0 Å². The van der Waals surface area contributed by atoms with Gasteiger partial charge in [0.25, 0.3) is 5.91 Å². The molecule has 0 aliphatic carbocycles. The van der Waals surface area contributed by atoms with Gasteiger partial charge in [0, 0.05) is 24.7 Å². The Morgan fingerprint density at radius 3 is 2.52 bits per heavy atom. The van der Waals surface area contributed by atoms with Crippen LogP contribution in [0.5, 0.6) is 0 Å². The molecule has 7 nitrogen and oxygen atoms in total. The number of anilines is 1. The van der Waals surface area contributed by atoms with Crippen molar-refractivity contribution in [2.24, 2.45) is 0 Å². The quantitative estimate of drug-likeness (QED) is 0.636. The van der Waals surface area contributed by atoms with Crippen molar-refractivity contribution < 1.29 is 13.2 Å². The van der Waals surface area contributed by atoms with E-state index in [9.17, 15) is 13.2 Å². The Hall–Kier alpha value is -2.97. The summed E-state index contributed by atoms with van der Waals surface area (Å²) in [6, 6.07) is 16.4. The van der Waals surface area contributed by atoms with Crippen LogP contribution in [0.3, 0.4) is 0 Å². The van der Waals surface area contributed by atoms with Crippen LogP contribution in [0.1, 0.15) is 40.7 Å². The zero-order valence-corrected chi connectivity index (χ0v) is 18.3. The van der Waals surface area contributed by atoms with E-state index in [0.717, 1.165) is 24.8 Å². The Labute approximate surface area is 182 Å². The van der Waals surface area contributed by atoms with Gasteiger partial charge in [0.2, 0.25) is 10.0 Å². The number of piperidine rings is 1. The molecule has 1 aromatic heterocycles. The molecule has 1 amide bonds. The summed E-state index contributed by atoms with van der Waals surface area (Å²) < 4.78 is 29.5. The van der Waals surface area contributed by atoms with E-state index in [2.05, 4.69) is 10.4 Å². The maximum atomic E-state index is 13.1. The van der Waals surface area contributed by atoms with Crippen molar-refractivity contribution in [3.63, 3.8) is 0 Å². The number of aryl methyl sites for hydroxylation is 1. The van der Waals surface area contributed by atoms with Crippen LogP contribution in [0.4, 0.5) is 5.82 Å². The monoisotopic (exact) mass is 438 g/mol. The lowest BCUT2D eigenvalue weighted by atomic mass is 10.1. The molecule has 4 rings (SSSR count). The van der Waals surface area contributed by atoms with Gasteiger partial charge < -0.3 is 5.32 Å². The maximum Gasteiger partial charge on any atom is 0.256 e. The third-order valence-corrected chi connectivity index (χ3v) is 7.56. The third kappa shape index (κ3) is 4.70. The first-order valence-electron chi connectivity index (χ1n) is 10.4. The van der Waals surface area contributed by atoms with Gasteiger partial charge in [-0.1, -0.05) is 42.8 Å². The summed E-state index contributed by atoms with van der Waals surface area (Å²) >= 11 is 0. The smallest absolute Gasteiger partial charge is 0.256 e. The van der Waals surface area contributed by atoms with Crippen molar-refractivity contribution >= 4 is 21.7 Å². The van der Waals surface area contributed by atoms with Crippen molar-refractivity contribution in [1.82, 2.24) is 14.1 Å². The number of carbonyl (C=O) groups is 1. The number of rotatable bonds is 6. The number of hydrogen-bond donors (Lipinski definition) is 1. The highest BCUT2D eigenvalue weighted by molar-refractivity contribution is 7.89. The van der Waals surface area contributed by atoms with Gasteiger partial charge >= 0.3 is 0 Å². The standard InChI is InChI=1S/C23H26N4O3S/c1-18-10-11-20(16-21(18)31(29,30)26-14-6-3-7-15-26)23(28)25-22-12-13-24-27(22)17-19-8-4-2-5-9-19/h2,4-5,8-13,16H,3,6-7,14-15,17H2,1H3,(H,25,28). The second-order valence-electron chi connectivity index (χ2n) is 7.76. The second kappa shape index (κ2) is 9.03. The average molecular weight is 439 g/mol. The highest BCUT2D eigenvalue weighted by Crippen LogP contribution is 2.25. The lowest BCUT2D eigenvalue weighted by Crippen LogP contribution is -2.36. The number of nitrogens with one attached hydrogen (secondary N) is 1. The Morgan fingerprint density at radius 1 is 1.03 bits per heavy atom. The first-order valence-corrected chi connectivity index (χ1v) is 11.9. The summed E-state index contributed by atoms with van der Waals surface area (Å²) in [5, 5.41) is 7.15. The Balaban J connectivity index is 1.55. The molecule has 2 aromatic carbocycles. The molecule has 0 radical (unpaired) electrons. The Bertz CT molecular complexity index is 1170. The van der Waals surface area contributed by atoms with Crippen molar-refractivity contribution in [3.05, 3.63) is 77.5 Å². The fourth-order valence-electron chi connectivity index (χ4n) is 3.77. The summed E-state index contributed by atoms with van der Waals surface area (Å²) in [6.45, 7) is 3.33. The van der Waals surface area contributed by atoms with Gasteiger partial charge in [-0.15, -0.1) is 0 Å². The highest BCUT2D eigenvalue weighted by Gasteiger charge is 2.28. The number of amides is 1. The molecule has 0 bridgehead atoms. The molecule has 1 aliphatic heterocycles. The molecule has 8 heteroatoms. The predicted molar refractivity (Wildman–Crippen MR) is 120 cm³/mol. The molecule has 31 heavy (non-hydrogen) atoms. The van der Waals surface area contributed by atoms with Gasteiger partial charge in [-0.05, 0) is 43.0 Å².